The Kier molecular flexibility index (Phi) is 3.59. The molecule has 0 atom stereocenters. The van der Waals surface area contributed by atoms with E-state index in [1.54, 1.807) is 0 Å². The summed E-state index contributed by atoms with van der Waals surface area (Å²) in [4.78, 5) is 0. The normalized spacial score (nSPS) is 16.9. The van der Waals surface area contributed by atoms with Crippen molar-refractivity contribution in [2.24, 2.45) is 0 Å². The lowest BCUT2D eigenvalue weighted by molar-refractivity contribution is 0.639. The van der Waals surface area contributed by atoms with Crippen molar-refractivity contribution >= 4 is 22.9 Å². The Morgan fingerprint density at radius 1 is 0.581 bits per heavy atom. The molecule has 0 saturated carbocycles. The van der Waals surface area contributed by atoms with Crippen LogP contribution in [0.5, 0.6) is 0 Å². The molecule has 0 bridgehead atoms. The molecular formula is C31H28. The van der Waals surface area contributed by atoms with Crippen molar-refractivity contribution in [3.8, 4) is 11.1 Å². The highest BCUT2D eigenvalue weighted by atomic mass is 14.5. The number of rotatable bonds is 2. The van der Waals surface area contributed by atoms with E-state index in [2.05, 4.69) is 114 Å². The molecule has 0 aromatic heterocycles. The lowest BCUT2D eigenvalue weighted by Gasteiger charge is -2.35. The summed E-state index contributed by atoms with van der Waals surface area (Å²) in [6.07, 6.45) is 4.51. The second-order valence-corrected chi connectivity index (χ2v) is 10.3. The highest BCUT2D eigenvalue weighted by Gasteiger charge is 2.45. The van der Waals surface area contributed by atoms with Crippen LogP contribution in [0.15, 0.2) is 66.7 Å². The van der Waals surface area contributed by atoms with Crippen LogP contribution in [0.2, 0.25) is 0 Å². The Labute approximate surface area is 185 Å². The molecule has 2 aliphatic carbocycles. The Morgan fingerprint density at radius 2 is 1.19 bits per heavy atom. The van der Waals surface area contributed by atoms with Crippen LogP contribution in [0.1, 0.15) is 66.6 Å². The minimum atomic E-state index is -0.0291. The van der Waals surface area contributed by atoms with Crippen molar-refractivity contribution in [3.05, 3.63) is 106 Å². The van der Waals surface area contributed by atoms with Crippen molar-refractivity contribution in [2.45, 2.75) is 45.4 Å². The molecule has 0 radical (unpaired) electrons. The minimum Gasteiger partial charge on any atom is -0.0622 e. The molecule has 0 heterocycles. The van der Waals surface area contributed by atoms with Crippen LogP contribution in [0.4, 0.5) is 0 Å². The maximum Gasteiger partial charge on any atom is 0.0159 e. The second kappa shape index (κ2) is 5.98. The fourth-order valence-electron chi connectivity index (χ4n) is 5.99. The molecule has 0 amide bonds. The summed E-state index contributed by atoms with van der Waals surface area (Å²) in [5.74, 6) is 0. The molecule has 6 rings (SSSR count). The van der Waals surface area contributed by atoms with Gasteiger partial charge in [-0.05, 0) is 67.8 Å². The summed E-state index contributed by atoms with van der Waals surface area (Å²) in [5.41, 5.74) is 12.8. The van der Waals surface area contributed by atoms with E-state index in [0.717, 1.165) is 0 Å². The summed E-state index contributed by atoms with van der Waals surface area (Å²) >= 11 is 0. The van der Waals surface area contributed by atoms with Gasteiger partial charge in [0.1, 0.15) is 0 Å². The topological polar surface area (TPSA) is 0 Å². The van der Waals surface area contributed by atoms with Crippen LogP contribution in [0.3, 0.4) is 0 Å². The van der Waals surface area contributed by atoms with Gasteiger partial charge in [-0.3, -0.25) is 0 Å². The van der Waals surface area contributed by atoms with Crippen LogP contribution in [0, 0.1) is 6.92 Å². The first-order valence-corrected chi connectivity index (χ1v) is 11.3. The third-order valence-electron chi connectivity index (χ3n) is 7.74. The average Bonchev–Trinajstić information content (AvgIpc) is 2.98. The van der Waals surface area contributed by atoms with Crippen LogP contribution >= 0.6 is 0 Å². The van der Waals surface area contributed by atoms with E-state index in [9.17, 15) is 0 Å². The molecule has 0 N–H and O–H groups in total. The molecule has 152 valence electrons. The molecule has 4 aromatic rings. The zero-order chi connectivity index (χ0) is 21.5. The van der Waals surface area contributed by atoms with E-state index < -0.39 is 0 Å². The first kappa shape index (κ1) is 18.6. The SMILES string of the molecule is Cc1cc2c3c4c(cccc14)C(C)(C)c1cc(/C=C/c4ccccc4)cc(c1-3)C2(C)C. The molecular weight excluding hydrogens is 372 g/mol. The fourth-order valence-corrected chi connectivity index (χ4v) is 5.99. The van der Waals surface area contributed by atoms with Gasteiger partial charge in [-0.1, -0.05) is 107 Å². The van der Waals surface area contributed by atoms with E-state index in [1.165, 1.54) is 60.8 Å². The van der Waals surface area contributed by atoms with Gasteiger partial charge in [-0.15, -0.1) is 0 Å². The maximum absolute atomic E-state index is 2.45. The van der Waals surface area contributed by atoms with E-state index in [-0.39, 0.29) is 10.8 Å². The van der Waals surface area contributed by atoms with Crippen molar-refractivity contribution in [1.82, 2.24) is 0 Å². The summed E-state index contributed by atoms with van der Waals surface area (Å²) < 4.78 is 0. The smallest absolute Gasteiger partial charge is 0.0159 e. The van der Waals surface area contributed by atoms with Gasteiger partial charge in [-0.25, -0.2) is 0 Å². The molecule has 0 unspecified atom stereocenters. The largest absolute Gasteiger partial charge is 0.0622 e. The van der Waals surface area contributed by atoms with Gasteiger partial charge in [0.2, 0.25) is 0 Å². The maximum atomic E-state index is 2.45. The van der Waals surface area contributed by atoms with Crippen LogP contribution in [0.25, 0.3) is 34.1 Å². The van der Waals surface area contributed by atoms with Crippen molar-refractivity contribution in [3.63, 3.8) is 0 Å². The zero-order valence-electron chi connectivity index (χ0n) is 19.0. The minimum absolute atomic E-state index is 0.00248. The standard InChI is InChI=1S/C31H28/c1-19-16-24-29-27-22(19)12-9-13-23(27)30(2,3)25-17-21(15-14-20-10-7-6-8-11-20)18-26(28(25)29)31(24,4)5/h6-18H,1-5H3/b15-14+. The highest BCUT2D eigenvalue weighted by Crippen LogP contribution is 2.60. The Balaban J connectivity index is 1.69. The third-order valence-corrected chi connectivity index (χ3v) is 7.74. The molecule has 0 saturated heterocycles. The van der Waals surface area contributed by atoms with Gasteiger partial charge < -0.3 is 0 Å². The summed E-state index contributed by atoms with van der Waals surface area (Å²) in [6, 6.07) is 24.8. The van der Waals surface area contributed by atoms with E-state index in [0.29, 0.717) is 0 Å². The first-order chi connectivity index (χ1) is 14.8. The van der Waals surface area contributed by atoms with Gasteiger partial charge in [-0.2, -0.15) is 0 Å². The van der Waals surface area contributed by atoms with Gasteiger partial charge in [0.15, 0.2) is 0 Å². The number of hydrogen-bond acceptors (Lipinski definition) is 0. The number of aryl methyl sites for hydroxylation is 1. The molecule has 0 nitrogen and oxygen atoms in total. The Bertz CT molecular complexity index is 1410. The molecule has 0 fully saturated rings. The van der Waals surface area contributed by atoms with Crippen molar-refractivity contribution < 1.29 is 0 Å². The summed E-state index contributed by atoms with van der Waals surface area (Å²) in [5, 5.41) is 2.89. The molecule has 0 aliphatic heterocycles. The highest BCUT2D eigenvalue weighted by molar-refractivity contribution is 6.09. The van der Waals surface area contributed by atoms with Gasteiger partial charge >= 0.3 is 0 Å². The van der Waals surface area contributed by atoms with E-state index in [1.807, 2.05) is 0 Å². The lowest BCUT2D eigenvalue weighted by atomic mass is 9.68. The third kappa shape index (κ3) is 2.36. The second-order valence-electron chi connectivity index (χ2n) is 10.3. The fraction of sp³-hybridized carbons (Fsp3) is 0.226. The molecule has 31 heavy (non-hydrogen) atoms. The van der Waals surface area contributed by atoms with Crippen molar-refractivity contribution in [1.29, 1.82) is 0 Å². The number of hydrogen-bond donors (Lipinski definition) is 0. The quantitative estimate of drug-likeness (QED) is 0.297. The van der Waals surface area contributed by atoms with Gasteiger partial charge in [0, 0.05) is 10.8 Å². The Morgan fingerprint density at radius 3 is 1.90 bits per heavy atom. The molecule has 4 aromatic carbocycles. The Hall–Kier alpha value is -3.12. The number of benzene rings is 4. The first-order valence-electron chi connectivity index (χ1n) is 11.3. The summed E-state index contributed by atoms with van der Waals surface area (Å²) in [7, 11) is 0. The van der Waals surface area contributed by atoms with Gasteiger partial charge in [0.25, 0.3) is 0 Å². The van der Waals surface area contributed by atoms with E-state index in [4.69, 9.17) is 0 Å². The predicted octanol–water partition coefficient (Wildman–Crippen LogP) is 8.26. The van der Waals surface area contributed by atoms with Crippen molar-refractivity contribution in [2.75, 3.05) is 0 Å². The van der Waals surface area contributed by atoms with E-state index >= 15 is 0 Å². The van der Waals surface area contributed by atoms with Crippen LogP contribution in [-0.4, -0.2) is 0 Å². The summed E-state index contributed by atoms with van der Waals surface area (Å²) in [6.45, 7) is 11.9. The zero-order valence-corrected chi connectivity index (χ0v) is 19.0. The predicted molar refractivity (Wildman–Crippen MR) is 134 cm³/mol. The molecule has 0 heteroatoms. The lowest BCUT2D eigenvalue weighted by Crippen LogP contribution is -2.24. The van der Waals surface area contributed by atoms with Gasteiger partial charge in [0.05, 0.1) is 0 Å². The van der Waals surface area contributed by atoms with Crippen LogP contribution < -0.4 is 0 Å². The monoisotopic (exact) mass is 400 g/mol. The molecule has 0 spiro atoms. The van der Waals surface area contributed by atoms with Crippen LogP contribution in [-0.2, 0) is 10.8 Å². The average molecular weight is 401 g/mol. The molecule has 2 aliphatic rings.